The van der Waals surface area contributed by atoms with Gasteiger partial charge in [0, 0.05) is 24.2 Å². The molecule has 4 heteroatoms. The number of carbonyl (C=O) groups excluding carboxylic acids is 1. The third-order valence-corrected chi connectivity index (χ3v) is 4.50. The van der Waals surface area contributed by atoms with Crippen LogP contribution in [0.1, 0.15) is 22.8 Å². The summed E-state index contributed by atoms with van der Waals surface area (Å²) in [5.41, 5.74) is 7.28. The first-order valence-electron chi connectivity index (χ1n) is 8.57. The molecule has 0 aliphatic rings. The van der Waals surface area contributed by atoms with E-state index >= 15 is 0 Å². The molecule has 4 nitrogen and oxygen atoms in total. The van der Waals surface area contributed by atoms with E-state index in [1.54, 1.807) is 10.8 Å². The molecular weight excluding hydrogens is 322 g/mol. The Morgan fingerprint density at radius 3 is 1.77 bits per heavy atom. The minimum absolute atomic E-state index is 0.0766. The van der Waals surface area contributed by atoms with Crippen LogP contribution in [0.4, 0.5) is 0 Å². The lowest BCUT2D eigenvalue weighted by Crippen LogP contribution is -2.06. The molecule has 0 saturated carbocycles. The second-order valence-corrected chi connectivity index (χ2v) is 6.57. The van der Waals surface area contributed by atoms with Crippen LogP contribution in [-0.2, 0) is 0 Å². The van der Waals surface area contributed by atoms with Gasteiger partial charge in [-0.2, -0.15) is 0 Å². The first-order chi connectivity index (χ1) is 12.5. The molecule has 2 heterocycles. The summed E-state index contributed by atoms with van der Waals surface area (Å²) in [6, 6.07) is 18.3. The monoisotopic (exact) mass is 341 g/mol. The smallest absolute Gasteiger partial charge is 0.229 e. The average molecular weight is 341 g/mol. The summed E-state index contributed by atoms with van der Waals surface area (Å²) in [5, 5.41) is 0. The number of hydrogen-bond acceptors (Lipinski definition) is 3. The van der Waals surface area contributed by atoms with Crippen molar-refractivity contribution in [3.05, 3.63) is 71.9 Å². The molecule has 0 spiro atoms. The number of rotatable bonds is 2. The van der Waals surface area contributed by atoms with Gasteiger partial charge in [0.15, 0.2) is 5.65 Å². The first-order valence-corrected chi connectivity index (χ1v) is 8.57. The molecule has 0 atom stereocenters. The van der Waals surface area contributed by atoms with Gasteiger partial charge in [-0.3, -0.25) is 9.36 Å². The summed E-state index contributed by atoms with van der Waals surface area (Å²) in [7, 11) is 0. The fraction of sp³-hybridized carbons (Fsp3) is 0.136. The van der Waals surface area contributed by atoms with Crippen molar-refractivity contribution in [2.75, 3.05) is 0 Å². The maximum atomic E-state index is 11.9. The Kier molecular flexibility index (Phi) is 3.88. The number of aryl methyl sites for hydroxylation is 2. The summed E-state index contributed by atoms with van der Waals surface area (Å²) in [6.45, 7) is 5.65. The van der Waals surface area contributed by atoms with Crippen LogP contribution in [0.5, 0.6) is 0 Å². The molecule has 2 aromatic carbocycles. The van der Waals surface area contributed by atoms with E-state index < -0.39 is 0 Å². The average Bonchev–Trinajstić information content (AvgIpc) is 3.05. The zero-order valence-corrected chi connectivity index (χ0v) is 15.0. The van der Waals surface area contributed by atoms with Crippen LogP contribution in [-0.4, -0.2) is 20.4 Å². The van der Waals surface area contributed by atoms with E-state index in [9.17, 15) is 4.79 Å². The summed E-state index contributed by atoms with van der Waals surface area (Å²) in [5.74, 6) is -0.0766. The molecule has 4 rings (SSSR count). The highest BCUT2D eigenvalue weighted by molar-refractivity contribution is 5.91. The van der Waals surface area contributed by atoms with E-state index in [2.05, 4.69) is 50.2 Å². The van der Waals surface area contributed by atoms with Crippen molar-refractivity contribution in [3.63, 3.8) is 0 Å². The molecule has 0 bridgehead atoms. The zero-order valence-electron chi connectivity index (χ0n) is 15.0. The maximum absolute atomic E-state index is 11.9. The van der Waals surface area contributed by atoms with Gasteiger partial charge in [0.05, 0.1) is 11.4 Å². The fourth-order valence-electron chi connectivity index (χ4n) is 3.02. The molecule has 0 radical (unpaired) electrons. The highest BCUT2D eigenvalue weighted by atomic mass is 16.1. The minimum Gasteiger partial charge on any atom is -0.274 e. The molecule has 0 aliphatic carbocycles. The molecule has 0 N–H and O–H groups in total. The van der Waals surface area contributed by atoms with E-state index in [4.69, 9.17) is 9.97 Å². The molecule has 4 aromatic rings. The van der Waals surface area contributed by atoms with Crippen LogP contribution in [0.25, 0.3) is 33.7 Å². The van der Waals surface area contributed by atoms with Gasteiger partial charge >= 0.3 is 0 Å². The van der Waals surface area contributed by atoms with Gasteiger partial charge in [-0.25, -0.2) is 9.97 Å². The molecule has 128 valence electrons. The number of hydrogen-bond donors (Lipinski definition) is 0. The third-order valence-electron chi connectivity index (χ3n) is 4.50. The van der Waals surface area contributed by atoms with Gasteiger partial charge in [0.25, 0.3) is 0 Å². The Morgan fingerprint density at radius 1 is 0.769 bits per heavy atom. The van der Waals surface area contributed by atoms with Gasteiger partial charge in [-0.05, 0) is 19.9 Å². The Balaban J connectivity index is 2.02. The van der Waals surface area contributed by atoms with E-state index in [1.807, 2.05) is 18.2 Å². The Hall–Kier alpha value is -3.27. The van der Waals surface area contributed by atoms with Gasteiger partial charge in [-0.1, -0.05) is 59.7 Å². The highest BCUT2D eigenvalue weighted by Gasteiger charge is 2.16. The SMILES string of the molecule is CC(=O)n1ccc2nc(-c3ccc(C)cc3)c(-c3ccc(C)cc3)nc21. The quantitative estimate of drug-likeness (QED) is 0.513. The largest absolute Gasteiger partial charge is 0.274 e. The molecule has 0 amide bonds. The predicted octanol–water partition coefficient (Wildman–Crippen LogP) is 5.04. The lowest BCUT2D eigenvalue weighted by molar-refractivity contribution is 0.0941. The fourth-order valence-corrected chi connectivity index (χ4v) is 3.02. The summed E-state index contributed by atoms with van der Waals surface area (Å²) < 4.78 is 1.54. The van der Waals surface area contributed by atoms with Crippen LogP contribution in [0.2, 0.25) is 0 Å². The van der Waals surface area contributed by atoms with Crippen molar-refractivity contribution in [2.24, 2.45) is 0 Å². The second kappa shape index (κ2) is 6.23. The molecular formula is C22H19N3O. The lowest BCUT2D eigenvalue weighted by atomic mass is 10.0. The van der Waals surface area contributed by atoms with Crippen molar-refractivity contribution in [3.8, 4) is 22.5 Å². The maximum Gasteiger partial charge on any atom is 0.229 e. The number of nitrogens with zero attached hydrogens (tertiary/aromatic N) is 3. The summed E-state index contributed by atoms with van der Waals surface area (Å²) in [4.78, 5) is 21.6. The van der Waals surface area contributed by atoms with E-state index in [1.165, 1.54) is 18.1 Å². The van der Waals surface area contributed by atoms with Crippen molar-refractivity contribution in [1.82, 2.24) is 14.5 Å². The standard InChI is InChI=1S/C22H19N3O/c1-14-4-8-17(9-5-14)20-21(18-10-6-15(2)7-11-18)24-22-19(23-20)12-13-25(22)16(3)26/h4-13H,1-3H3. The van der Waals surface area contributed by atoms with Crippen molar-refractivity contribution in [1.29, 1.82) is 0 Å². The van der Waals surface area contributed by atoms with Gasteiger partial charge in [0.2, 0.25) is 5.91 Å². The van der Waals surface area contributed by atoms with Crippen LogP contribution in [0.15, 0.2) is 60.8 Å². The number of benzene rings is 2. The van der Waals surface area contributed by atoms with Crippen molar-refractivity contribution in [2.45, 2.75) is 20.8 Å². The van der Waals surface area contributed by atoms with Crippen LogP contribution < -0.4 is 0 Å². The van der Waals surface area contributed by atoms with E-state index in [0.717, 1.165) is 22.5 Å². The Bertz CT molecular complexity index is 1110. The minimum atomic E-state index is -0.0766. The Morgan fingerprint density at radius 2 is 1.27 bits per heavy atom. The van der Waals surface area contributed by atoms with E-state index in [0.29, 0.717) is 11.2 Å². The van der Waals surface area contributed by atoms with E-state index in [-0.39, 0.29) is 5.91 Å². The predicted molar refractivity (Wildman–Crippen MR) is 104 cm³/mol. The van der Waals surface area contributed by atoms with Crippen LogP contribution in [0.3, 0.4) is 0 Å². The second-order valence-electron chi connectivity index (χ2n) is 6.57. The summed E-state index contributed by atoms with van der Waals surface area (Å²) >= 11 is 0. The van der Waals surface area contributed by atoms with Crippen LogP contribution in [0, 0.1) is 13.8 Å². The number of carbonyl (C=O) groups is 1. The zero-order chi connectivity index (χ0) is 18.3. The van der Waals surface area contributed by atoms with Crippen molar-refractivity contribution >= 4 is 17.1 Å². The molecule has 2 aromatic heterocycles. The molecule has 26 heavy (non-hydrogen) atoms. The van der Waals surface area contributed by atoms with Crippen molar-refractivity contribution < 1.29 is 4.79 Å². The molecule has 0 unspecified atom stereocenters. The van der Waals surface area contributed by atoms with Gasteiger partial charge in [0.1, 0.15) is 5.52 Å². The normalized spacial score (nSPS) is 11.0. The number of fused-ring (bicyclic) bond motifs is 1. The Labute approximate surface area is 152 Å². The third kappa shape index (κ3) is 2.80. The van der Waals surface area contributed by atoms with Gasteiger partial charge in [-0.15, -0.1) is 0 Å². The van der Waals surface area contributed by atoms with Gasteiger partial charge < -0.3 is 0 Å². The van der Waals surface area contributed by atoms with Crippen LogP contribution >= 0.6 is 0 Å². The lowest BCUT2D eigenvalue weighted by Gasteiger charge is -2.10. The molecule has 0 saturated heterocycles. The summed E-state index contributed by atoms with van der Waals surface area (Å²) in [6.07, 6.45) is 1.73. The highest BCUT2D eigenvalue weighted by Crippen LogP contribution is 2.31. The molecule has 0 fully saturated rings. The first kappa shape index (κ1) is 16.2. The topological polar surface area (TPSA) is 47.8 Å². The molecule has 0 aliphatic heterocycles. The number of aromatic nitrogens is 3.